The molecule has 0 aliphatic carbocycles. The monoisotopic (exact) mass is 384 g/mol. The van der Waals surface area contributed by atoms with Crippen LogP contribution in [0.25, 0.3) is 26.1 Å². The molecule has 27 heavy (non-hydrogen) atoms. The largest absolute Gasteiger partial charge is 0.494 e. The van der Waals surface area contributed by atoms with Crippen molar-refractivity contribution < 1.29 is 9.13 Å². The summed E-state index contributed by atoms with van der Waals surface area (Å²) in [6, 6.07) is 6.29. The molecule has 3 aromatic heterocycles. The number of benzene rings is 1. The standard InChI is InChI=1S/C19H17FN4O2S/c1-4-23(2)13-7-8-21-18-15(13)16-17(27-18)19(25)24(10-22-16)11-5-6-14(26-3)12(20)9-11/h5-10H,4H2,1-3H3. The average Bonchev–Trinajstić information content (AvgIpc) is 3.07. The summed E-state index contributed by atoms with van der Waals surface area (Å²) in [5.41, 5.74) is 1.74. The molecule has 0 unspecified atom stereocenters. The van der Waals surface area contributed by atoms with Crippen LogP contribution in [0.3, 0.4) is 0 Å². The van der Waals surface area contributed by atoms with Crippen molar-refractivity contribution in [1.82, 2.24) is 14.5 Å². The number of thiophene rings is 1. The predicted molar refractivity (Wildman–Crippen MR) is 106 cm³/mol. The van der Waals surface area contributed by atoms with E-state index >= 15 is 0 Å². The van der Waals surface area contributed by atoms with Crippen LogP contribution in [0, 0.1) is 5.82 Å². The Morgan fingerprint density at radius 1 is 1.30 bits per heavy atom. The summed E-state index contributed by atoms with van der Waals surface area (Å²) < 4.78 is 20.8. The highest BCUT2D eigenvalue weighted by molar-refractivity contribution is 7.25. The fourth-order valence-electron chi connectivity index (χ4n) is 3.01. The fraction of sp³-hybridized carbons (Fsp3) is 0.211. The third kappa shape index (κ3) is 2.73. The predicted octanol–water partition coefficient (Wildman–Crippen LogP) is 3.60. The van der Waals surface area contributed by atoms with Crippen molar-refractivity contribution in [1.29, 1.82) is 0 Å². The van der Waals surface area contributed by atoms with Crippen LogP contribution >= 0.6 is 11.3 Å². The number of fused-ring (bicyclic) bond motifs is 3. The maximum atomic E-state index is 14.1. The van der Waals surface area contributed by atoms with Gasteiger partial charge in [0.2, 0.25) is 0 Å². The van der Waals surface area contributed by atoms with E-state index in [1.807, 2.05) is 13.1 Å². The van der Waals surface area contributed by atoms with Crippen molar-refractivity contribution in [3.63, 3.8) is 0 Å². The van der Waals surface area contributed by atoms with Crippen LogP contribution in [0.5, 0.6) is 5.75 Å². The minimum absolute atomic E-state index is 0.124. The van der Waals surface area contributed by atoms with Crippen molar-refractivity contribution >= 4 is 37.5 Å². The number of methoxy groups -OCH3 is 1. The number of aromatic nitrogens is 3. The van der Waals surface area contributed by atoms with Gasteiger partial charge in [0.25, 0.3) is 5.56 Å². The van der Waals surface area contributed by atoms with Crippen molar-refractivity contribution in [2.75, 3.05) is 25.6 Å². The summed E-state index contributed by atoms with van der Waals surface area (Å²) in [5, 5.41) is 0.868. The molecule has 0 radical (unpaired) electrons. The van der Waals surface area contributed by atoms with Gasteiger partial charge in [-0.25, -0.2) is 14.4 Å². The van der Waals surface area contributed by atoms with E-state index in [4.69, 9.17) is 4.74 Å². The van der Waals surface area contributed by atoms with Crippen molar-refractivity contribution in [2.45, 2.75) is 6.92 Å². The van der Waals surface area contributed by atoms with Crippen LogP contribution in [0.1, 0.15) is 6.92 Å². The molecule has 8 heteroatoms. The van der Waals surface area contributed by atoms with Gasteiger partial charge in [0, 0.05) is 25.9 Å². The van der Waals surface area contributed by atoms with Gasteiger partial charge in [0.15, 0.2) is 11.6 Å². The maximum Gasteiger partial charge on any atom is 0.275 e. The van der Waals surface area contributed by atoms with E-state index in [0.29, 0.717) is 15.9 Å². The Hall–Kier alpha value is -3.00. The summed E-state index contributed by atoms with van der Waals surface area (Å²) in [5.74, 6) is -0.411. The fourth-order valence-corrected chi connectivity index (χ4v) is 4.06. The van der Waals surface area contributed by atoms with Crippen LogP contribution in [0.15, 0.2) is 41.6 Å². The molecule has 3 heterocycles. The Bertz CT molecular complexity index is 1220. The summed E-state index contributed by atoms with van der Waals surface area (Å²) in [4.78, 5) is 24.8. The number of ether oxygens (including phenoxy) is 1. The Balaban J connectivity index is 1.97. The second-order valence-corrected chi connectivity index (χ2v) is 7.04. The molecule has 4 aromatic rings. The summed E-state index contributed by atoms with van der Waals surface area (Å²) in [7, 11) is 3.38. The minimum atomic E-state index is -0.535. The molecular formula is C19H17FN4O2S. The number of anilines is 1. The normalized spacial score (nSPS) is 11.3. The zero-order valence-electron chi connectivity index (χ0n) is 15.1. The molecule has 0 amide bonds. The van der Waals surface area contributed by atoms with E-state index in [9.17, 15) is 9.18 Å². The molecular weight excluding hydrogens is 367 g/mol. The lowest BCUT2D eigenvalue weighted by Gasteiger charge is -2.17. The molecule has 0 N–H and O–H groups in total. The molecule has 1 aromatic carbocycles. The molecule has 0 saturated heterocycles. The van der Waals surface area contributed by atoms with Gasteiger partial charge < -0.3 is 9.64 Å². The molecule has 0 fully saturated rings. The zero-order valence-corrected chi connectivity index (χ0v) is 15.9. The Labute approximate surface area is 158 Å². The summed E-state index contributed by atoms with van der Waals surface area (Å²) in [6.45, 7) is 2.87. The molecule has 138 valence electrons. The van der Waals surface area contributed by atoms with Crippen molar-refractivity contribution in [2.24, 2.45) is 0 Å². The topological polar surface area (TPSA) is 60.2 Å². The first-order valence-electron chi connectivity index (χ1n) is 8.39. The van der Waals surface area contributed by atoms with Gasteiger partial charge in [-0.3, -0.25) is 9.36 Å². The van der Waals surface area contributed by atoms with Crippen LogP contribution in [0.4, 0.5) is 10.1 Å². The highest BCUT2D eigenvalue weighted by Gasteiger charge is 2.18. The highest BCUT2D eigenvalue weighted by Crippen LogP contribution is 2.35. The lowest BCUT2D eigenvalue weighted by Crippen LogP contribution is -2.18. The molecule has 0 spiro atoms. The van der Waals surface area contributed by atoms with E-state index in [2.05, 4.69) is 21.8 Å². The first kappa shape index (κ1) is 17.4. The van der Waals surface area contributed by atoms with Gasteiger partial charge in [-0.1, -0.05) is 0 Å². The van der Waals surface area contributed by atoms with E-state index in [-0.39, 0.29) is 11.3 Å². The lowest BCUT2D eigenvalue weighted by molar-refractivity contribution is 0.386. The highest BCUT2D eigenvalue weighted by atomic mass is 32.1. The number of rotatable bonds is 4. The Morgan fingerprint density at radius 3 is 2.81 bits per heavy atom. The second kappa shape index (κ2) is 6.62. The van der Waals surface area contributed by atoms with E-state index in [1.54, 1.807) is 12.3 Å². The number of halogens is 1. The van der Waals surface area contributed by atoms with Gasteiger partial charge in [-0.2, -0.15) is 0 Å². The first-order valence-corrected chi connectivity index (χ1v) is 9.20. The quantitative estimate of drug-likeness (QED) is 0.538. The molecule has 0 aliphatic rings. The number of nitrogens with zero attached hydrogens (tertiary/aromatic N) is 4. The SMILES string of the molecule is CCN(C)c1ccnc2sc3c(=O)n(-c4ccc(OC)c(F)c4)cnc3c12. The minimum Gasteiger partial charge on any atom is -0.494 e. The van der Waals surface area contributed by atoms with Gasteiger partial charge >= 0.3 is 0 Å². The third-order valence-corrected chi connectivity index (χ3v) is 5.63. The van der Waals surface area contributed by atoms with Crippen molar-refractivity contribution in [3.8, 4) is 11.4 Å². The molecule has 0 bridgehead atoms. The van der Waals surface area contributed by atoms with E-state index < -0.39 is 5.82 Å². The molecule has 0 atom stereocenters. The van der Waals surface area contributed by atoms with Crippen LogP contribution in [0.2, 0.25) is 0 Å². The van der Waals surface area contributed by atoms with Crippen LogP contribution in [-0.4, -0.2) is 35.2 Å². The van der Waals surface area contributed by atoms with Crippen molar-refractivity contribution in [3.05, 3.63) is 53.0 Å². The van der Waals surface area contributed by atoms with Crippen LogP contribution in [-0.2, 0) is 0 Å². The lowest BCUT2D eigenvalue weighted by atomic mass is 10.2. The van der Waals surface area contributed by atoms with Gasteiger partial charge in [0.1, 0.15) is 21.4 Å². The number of hydrogen-bond acceptors (Lipinski definition) is 6. The van der Waals surface area contributed by atoms with E-state index in [1.165, 1.54) is 41.5 Å². The second-order valence-electron chi connectivity index (χ2n) is 6.04. The smallest absolute Gasteiger partial charge is 0.275 e. The molecule has 0 saturated carbocycles. The van der Waals surface area contributed by atoms with Crippen LogP contribution < -0.4 is 15.2 Å². The molecule has 4 rings (SSSR count). The Morgan fingerprint density at radius 2 is 2.11 bits per heavy atom. The number of hydrogen-bond donors (Lipinski definition) is 0. The van der Waals surface area contributed by atoms with Gasteiger partial charge in [-0.05, 0) is 25.1 Å². The third-order valence-electron chi connectivity index (χ3n) is 4.56. The molecule has 6 nitrogen and oxygen atoms in total. The average molecular weight is 384 g/mol. The maximum absolute atomic E-state index is 14.1. The Kier molecular flexibility index (Phi) is 4.27. The van der Waals surface area contributed by atoms with Gasteiger partial charge in [-0.15, -0.1) is 11.3 Å². The molecule has 0 aliphatic heterocycles. The van der Waals surface area contributed by atoms with Gasteiger partial charge in [0.05, 0.1) is 23.9 Å². The summed E-state index contributed by atoms with van der Waals surface area (Å²) in [6.07, 6.45) is 3.16. The van der Waals surface area contributed by atoms with E-state index in [0.717, 1.165) is 22.4 Å². The summed E-state index contributed by atoms with van der Waals surface area (Å²) >= 11 is 1.30. The zero-order chi connectivity index (χ0) is 19.1. The first-order chi connectivity index (χ1) is 13.0. The number of pyridine rings is 1.